The summed E-state index contributed by atoms with van der Waals surface area (Å²) in [5.41, 5.74) is 0.896. The molecule has 0 spiro atoms. The first-order chi connectivity index (χ1) is 14.5. The van der Waals surface area contributed by atoms with Crippen molar-refractivity contribution in [2.75, 3.05) is 7.11 Å². The molecule has 3 aromatic rings. The van der Waals surface area contributed by atoms with Crippen molar-refractivity contribution < 1.29 is 28.2 Å². The zero-order valence-electron chi connectivity index (χ0n) is 16.0. The van der Waals surface area contributed by atoms with E-state index in [1.54, 1.807) is 36.4 Å². The van der Waals surface area contributed by atoms with Gasteiger partial charge < -0.3 is 19.2 Å². The number of likely N-dealkylation sites (tertiary alicyclic amines) is 1. The number of benzene rings is 2. The van der Waals surface area contributed by atoms with Gasteiger partial charge in [0.15, 0.2) is 0 Å². The van der Waals surface area contributed by atoms with Crippen LogP contribution in [0.5, 0.6) is 5.75 Å². The van der Waals surface area contributed by atoms with Gasteiger partial charge in [-0.2, -0.15) is 0 Å². The second-order valence-corrected chi connectivity index (χ2v) is 6.80. The molecule has 7 heteroatoms. The number of methoxy groups -OCH3 is 1. The molecule has 1 unspecified atom stereocenters. The van der Waals surface area contributed by atoms with Gasteiger partial charge in [0.25, 0.3) is 11.7 Å². The Morgan fingerprint density at radius 1 is 1.13 bits per heavy atom. The Kier molecular flexibility index (Phi) is 5.10. The van der Waals surface area contributed by atoms with E-state index in [-0.39, 0.29) is 17.9 Å². The molecule has 0 bridgehead atoms. The van der Waals surface area contributed by atoms with E-state index >= 15 is 0 Å². The van der Waals surface area contributed by atoms with Gasteiger partial charge in [0, 0.05) is 12.1 Å². The number of Topliss-reactive ketones (excluding diaryl/α,β-unsaturated/α-hetero) is 1. The number of carbonyl (C=O) groups excluding carboxylic acids is 2. The van der Waals surface area contributed by atoms with Crippen LogP contribution in [0.1, 0.15) is 22.9 Å². The van der Waals surface area contributed by atoms with Crippen LogP contribution in [0.4, 0.5) is 4.39 Å². The predicted molar refractivity (Wildman–Crippen MR) is 106 cm³/mol. The third-order valence-electron chi connectivity index (χ3n) is 4.96. The van der Waals surface area contributed by atoms with Gasteiger partial charge in [0.05, 0.1) is 18.9 Å². The molecular formula is C23H18FNO5. The lowest BCUT2D eigenvalue weighted by Gasteiger charge is -2.23. The molecule has 2 heterocycles. The van der Waals surface area contributed by atoms with Crippen LogP contribution in [0.2, 0.25) is 0 Å². The fraction of sp³-hybridized carbons (Fsp3) is 0.130. The summed E-state index contributed by atoms with van der Waals surface area (Å²) < 4.78 is 23.9. The number of hydrogen-bond donors (Lipinski definition) is 1. The standard InChI is InChI=1S/C23H18FNO5/c1-29-17-5-2-4-15(12-17)21(26)19-20(18-6-3-11-30-18)25(23(28)22(19)27)13-14-7-9-16(24)10-8-14/h2-12,20,26H,13H2,1H3/b21-19-. The number of furan rings is 1. The number of halogens is 1. The molecule has 152 valence electrons. The second-order valence-electron chi connectivity index (χ2n) is 6.80. The van der Waals surface area contributed by atoms with Crippen molar-refractivity contribution in [2.24, 2.45) is 0 Å². The smallest absolute Gasteiger partial charge is 0.296 e. The van der Waals surface area contributed by atoms with E-state index in [0.29, 0.717) is 22.6 Å². The Morgan fingerprint density at radius 2 is 1.90 bits per heavy atom. The van der Waals surface area contributed by atoms with E-state index in [2.05, 4.69) is 0 Å². The summed E-state index contributed by atoms with van der Waals surface area (Å²) in [6.45, 7) is 0.0467. The summed E-state index contributed by atoms with van der Waals surface area (Å²) in [4.78, 5) is 27.0. The van der Waals surface area contributed by atoms with Crippen LogP contribution in [0.25, 0.3) is 5.76 Å². The van der Waals surface area contributed by atoms with E-state index in [0.717, 1.165) is 0 Å². The van der Waals surface area contributed by atoms with Crippen molar-refractivity contribution >= 4 is 17.4 Å². The number of rotatable bonds is 5. The molecule has 4 rings (SSSR count). The first-order valence-electron chi connectivity index (χ1n) is 9.20. The number of ketones is 1. The molecule has 2 aromatic carbocycles. The van der Waals surface area contributed by atoms with Crippen LogP contribution in [-0.2, 0) is 16.1 Å². The third-order valence-corrected chi connectivity index (χ3v) is 4.96. The van der Waals surface area contributed by atoms with Gasteiger partial charge in [0.2, 0.25) is 0 Å². The Bertz CT molecular complexity index is 1120. The number of amides is 1. The summed E-state index contributed by atoms with van der Waals surface area (Å²) >= 11 is 0. The monoisotopic (exact) mass is 407 g/mol. The number of aliphatic hydroxyl groups is 1. The van der Waals surface area contributed by atoms with E-state index < -0.39 is 23.5 Å². The van der Waals surface area contributed by atoms with E-state index in [1.807, 2.05) is 0 Å². The first kappa shape index (κ1) is 19.4. The zero-order valence-corrected chi connectivity index (χ0v) is 16.0. The highest BCUT2D eigenvalue weighted by atomic mass is 19.1. The molecule has 0 radical (unpaired) electrons. The lowest BCUT2D eigenvalue weighted by molar-refractivity contribution is -0.140. The number of carbonyl (C=O) groups is 2. The molecule has 0 saturated carbocycles. The third kappa shape index (κ3) is 3.45. The van der Waals surface area contributed by atoms with Gasteiger partial charge in [-0.15, -0.1) is 0 Å². The van der Waals surface area contributed by atoms with Crippen molar-refractivity contribution in [1.82, 2.24) is 4.90 Å². The minimum atomic E-state index is -0.920. The Hall–Kier alpha value is -3.87. The van der Waals surface area contributed by atoms with Gasteiger partial charge in [0.1, 0.15) is 29.1 Å². The molecule has 1 aromatic heterocycles. The Balaban J connectivity index is 1.82. The van der Waals surface area contributed by atoms with E-state index in [4.69, 9.17) is 9.15 Å². The van der Waals surface area contributed by atoms with Crippen molar-refractivity contribution in [2.45, 2.75) is 12.6 Å². The molecule has 1 aliphatic rings. The lowest BCUT2D eigenvalue weighted by Crippen LogP contribution is -2.29. The SMILES string of the molecule is COc1cccc(/C(O)=C2/C(=O)C(=O)N(Cc3ccc(F)cc3)C2c2ccco2)c1. The van der Waals surface area contributed by atoms with Crippen molar-refractivity contribution in [3.05, 3.63) is 95.2 Å². The van der Waals surface area contributed by atoms with E-state index in [9.17, 15) is 19.1 Å². The maximum atomic E-state index is 13.3. The topological polar surface area (TPSA) is 80.0 Å². The molecule has 1 aliphatic heterocycles. The fourth-order valence-corrected chi connectivity index (χ4v) is 3.50. The summed E-state index contributed by atoms with van der Waals surface area (Å²) in [6.07, 6.45) is 1.43. The molecule has 30 heavy (non-hydrogen) atoms. The quantitative estimate of drug-likeness (QED) is 0.392. The zero-order chi connectivity index (χ0) is 21.3. The molecule has 1 fully saturated rings. The lowest BCUT2D eigenvalue weighted by atomic mass is 9.99. The van der Waals surface area contributed by atoms with Crippen LogP contribution in [0.15, 0.2) is 76.9 Å². The van der Waals surface area contributed by atoms with Crippen LogP contribution < -0.4 is 4.74 Å². The van der Waals surface area contributed by atoms with Gasteiger partial charge in [-0.25, -0.2) is 4.39 Å². The normalized spacial score (nSPS) is 18.1. The van der Waals surface area contributed by atoms with Gasteiger partial charge >= 0.3 is 0 Å². The molecule has 0 aliphatic carbocycles. The molecule has 1 N–H and O–H groups in total. The summed E-state index contributed by atoms with van der Waals surface area (Å²) in [5, 5.41) is 11.0. The maximum Gasteiger partial charge on any atom is 0.296 e. The summed E-state index contributed by atoms with van der Waals surface area (Å²) in [5.74, 6) is -1.49. The molecule has 1 amide bonds. The number of nitrogens with zero attached hydrogens (tertiary/aromatic N) is 1. The highest BCUT2D eigenvalue weighted by Crippen LogP contribution is 2.40. The first-order valence-corrected chi connectivity index (χ1v) is 9.20. The summed E-state index contributed by atoms with van der Waals surface area (Å²) in [7, 11) is 1.49. The van der Waals surface area contributed by atoms with Crippen LogP contribution in [-0.4, -0.2) is 28.8 Å². The number of aliphatic hydroxyl groups excluding tert-OH is 1. The summed E-state index contributed by atoms with van der Waals surface area (Å²) in [6, 6.07) is 14.5. The van der Waals surface area contributed by atoms with Crippen LogP contribution >= 0.6 is 0 Å². The highest BCUT2D eigenvalue weighted by molar-refractivity contribution is 6.46. The molecular weight excluding hydrogens is 389 g/mol. The largest absolute Gasteiger partial charge is 0.507 e. The maximum absolute atomic E-state index is 13.3. The Morgan fingerprint density at radius 3 is 2.57 bits per heavy atom. The molecule has 1 saturated heterocycles. The van der Waals surface area contributed by atoms with Gasteiger partial charge in [-0.05, 0) is 42.0 Å². The van der Waals surface area contributed by atoms with Gasteiger partial charge in [-0.1, -0.05) is 24.3 Å². The predicted octanol–water partition coefficient (Wildman–Crippen LogP) is 4.05. The highest BCUT2D eigenvalue weighted by Gasteiger charge is 2.47. The van der Waals surface area contributed by atoms with Gasteiger partial charge in [-0.3, -0.25) is 9.59 Å². The minimum absolute atomic E-state index is 0.0467. The number of ether oxygens (including phenoxy) is 1. The minimum Gasteiger partial charge on any atom is -0.507 e. The van der Waals surface area contributed by atoms with Crippen molar-refractivity contribution in [3.63, 3.8) is 0 Å². The van der Waals surface area contributed by atoms with Crippen molar-refractivity contribution in [1.29, 1.82) is 0 Å². The van der Waals surface area contributed by atoms with Crippen LogP contribution in [0.3, 0.4) is 0 Å². The van der Waals surface area contributed by atoms with Crippen molar-refractivity contribution in [3.8, 4) is 5.75 Å². The average Bonchev–Trinajstić information content (AvgIpc) is 3.37. The average molecular weight is 407 g/mol. The molecule has 6 nitrogen and oxygen atoms in total. The second kappa shape index (κ2) is 7.87. The van der Waals surface area contributed by atoms with Crippen LogP contribution in [0, 0.1) is 5.82 Å². The Labute approximate surface area is 171 Å². The number of hydrogen-bond acceptors (Lipinski definition) is 5. The fourth-order valence-electron chi connectivity index (χ4n) is 3.50. The van der Waals surface area contributed by atoms with E-state index in [1.165, 1.54) is 42.5 Å². The molecule has 1 atom stereocenters.